The first-order valence-electron chi connectivity index (χ1n) is 5.10. The van der Waals surface area contributed by atoms with Crippen LogP contribution in [-0.4, -0.2) is 11.3 Å². The van der Waals surface area contributed by atoms with E-state index < -0.39 is 0 Å². The molecule has 1 aliphatic rings. The molecule has 1 atom stereocenters. The van der Waals surface area contributed by atoms with Gasteiger partial charge in [0.05, 0.1) is 11.9 Å². The zero-order valence-corrected chi connectivity index (χ0v) is 9.71. The molecule has 0 aliphatic carbocycles. The number of nitrogens with zero attached hydrogens (tertiary/aromatic N) is 1. The molecule has 1 heterocycles. The monoisotopic (exact) mass is 221 g/mol. The molecule has 3 nitrogen and oxygen atoms in total. The van der Waals surface area contributed by atoms with Gasteiger partial charge in [0.2, 0.25) is 0 Å². The summed E-state index contributed by atoms with van der Waals surface area (Å²) < 4.78 is 0. The number of rotatable bonds is 2. The summed E-state index contributed by atoms with van der Waals surface area (Å²) in [5, 5.41) is 5.90. The zero-order chi connectivity index (χ0) is 10.8. The van der Waals surface area contributed by atoms with E-state index in [4.69, 9.17) is 12.2 Å². The molecule has 0 amide bonds. The number of anilines is 1. The molecule has 1 aromatic rings. The normalized spacial score (nSPS) is 20.9. The summed E-state index contributed by atoms with van der Waals surface area (Å²) in [6.45, 7) is 4.31. The molecule has 1 aromatic carbocycles. The lowest BCUT2D eigenvalue weighted by Gasteiger charge is -2.18. The topological polar surface area (TPSA) is 27.3 Å². The van der Waals surface area contributed by atoms with Crippen molar-refractivity contribution < 1.29 is 0 Å². The van der Waals surface area contributed by atoms with Crippen LogP contribution in [0.2, 0.25) is 0 Å². The molecule has 1 fully saturated rings. The lowest BCUT2D eigenvalue weighted by Crippen LogP contribution is -2.40. The molecule has 4 heteroatoms. The highest BCUT2D eigenvalue weighted by atomic mass is 32.1. The van der Waals surface area contributed by atoms with Crippen molar-refractivity contribution in [2.75, 3.05) is 5.01 Å². The molecule has 15 heavy (non-hydrogen) atoms. The second-order valence-electron chi connectivity index (χ2n) is 3.97. The minimum absolute atomic E-state index is 0.220. The molecule has 0 spiro atoms. The molecule has 0 aromatic heterocycles. The average Bonchev–Trinajstić information content (AvgIpc) is 2.62. The Balaban J connectivity index is 2.16. The number of para-hydroxylation sites is 1. The fourth-order valence-corrected chi connectivity index (χ4v) is 1.80. The number of hydrogen-bond donors (Lipinski definition) is 2. The minimum Gasteiger partial charge on any atom is -0.344 e. The summed E-state index contributed by atoms with van der Waals surface area (Å²) >= 11 is 5.27. The van der Waals surface area contributed by atoms with Gasteiger partial charge in [0.1, 0.15) is 0 Å². The first-order chi connectivity index (χ1) is 7.18. The van der Waals surface area contributed by atoms with E-state index in [1.807, 2.05) is 35.3 Å². The van der Waals surface area contributed by atoms with Crippen molar-refractivity contribution in [3.63, 3.8) is 0 Å². The Kier molecular flexibility index (Phi) is 2.88. The fourth-order valence-electron chi connectivity index (χ4n) is 1.51. The van der Waals surface area contributed by atoms with Gasteiger partial charge in [-0.25, -0.2) is 5.43 Å². The number of hydrazine groups is 1. The van der Waals surface area contributed by atoms with Crippen LogP contribution < -0.4 is 15.8 Å². The van der Waals surface area contributed by atoms with Crippen LogP contribution in [0.5, 0.6) is 0 Å². The van der Waals surface area contributed by atoms with Crippen molar-refractivity contribution in [1.82, 2.24) is 10.7 Å². The van der Waals surface area contributed by atoms with Crippen LogP contribution in [0, 0.1) is 5.92 Å². The van der Waals surface area contributed by atoms with Gasteiger partial charge in [0, 0.05) is 0 Å². The predicted octanol–water partition coefficient (Wildman–Crippen LogP) is 1.87. The summed E-state index contributed by atoms with van der Waals surface area (Å²) in [6.07, 6.45) is 0.220. The molecule has 80 valence electrons. The van der Waals surface area contributed by atoms with Gasteiger partial charge in [-0.2, -0.15) is 0 Å². The van der Waals surface area contributed by atoms with Crippen LogP contribution in [0.4, 0.5) is 5.69 Å². The van der Waals surface area contributed by atoms with Crippen LogP contribution in [-0.2, 0) is 0 Å². The predicted molar refractivity (Wildman–Crippen MR) is 66.4 cm³/mol. The lowest BCUT2D eigenvalue weighted by atomic mass is 10.2. The van der Waals surface area contributed by atoms with E-state index in [0.29, 0.717) is 5.92 Å². The third-order valence-electron chi connectivity index (χ3n) is 2.43. The maximum Gasteiger partial charge on any atom is 0.189 e. The lowest BCUT2D eigenvalue weighted by molar-refractivity contribution is 0.419. The maximum atomic E-state index is 5.27. The standard InChI is InChI=1S/C11H15N3S/c1-8(2)10-12-11(15)14(13-10)9-6-4-3-5-7-9/h3-8,10,13H,1-2H3,(H,12,15)/t10-/m1/s1. The summed E-state index contributed by atoms with van der Waals surface area (Å²) in [6, 6.07) is 10.1. The summed E-state index contributed by atoms with van der Waals surface area (Å²) in [4.78, 5) is 0. The molecule has 2 rings (SSSR count). The second-order valence-corrected chi connectivity index (χ2v) is 4.36. The first kappa shape index (κ1) is 10.4. The Hall–Kier alpha value is -1.13. The third kappa shape index (κ3) is 2.11. The van der Waals surface area contributed by atoms with Gasteiger partial charge >= 0.3 is 0 Å². The van der Waals surface area contributed by atoms with Crippen LogP contribution in [0.15, 0.2) is 30.3 Å². The summed E-state index contributed by atoms with van der Waals surface area (Å²) in [5.74, 6) is 0.497. The van der Waals surface area contributed by atoms with Crippen LogP contribution >= 0.6 is 12.2 Å². The molecule has 0 saturated carbocycles. The Morgan fingerprint density at radius 3 is 2.47 bits per heavy atom. The Morgan fingerprint density at radius 2 is 1.93 bits per heavy atom. The number of benzene rings is 1. The van der Waals surface area contributed by atoms with E-state index in [1.165, 1.54) is 0 Å². The number of nitrogens with one attached hydrogen (secondary N) is 2. The van der Waals surface area contributed by atoms with Crippen LogP contribution in [0.25, 0.3) is 0 Å². The Morgan fingerprint density at radius 1 is 1.27 bits per heavy atom. The largest absolute Gasteiger partial charge is 0.344 e. The van der Waals surface area contributed by atoms with Gasteiger partial charge in [-0.15, -0.1) is 0 Å². The zero-order valence-electron chi connectivity index (χ0n) is 8.90. The van der Waals surface area contributed by atoms with Gasteiger partial charge in [0.25, 0.3) is 0 Å². The molecule has 1 aliphatic heterocycles. The van der Waals surface area contributed by atoms with Gasteiger partial charge < -0.3 is 5.32 Å². The van der Waals surface area contributed by atoms with Crippen molar-refractivity contribution in [1.29, 1.82) is 0 Å². The number of thiocarbonyl (C=S) groups is 1. The van der Waals surface area contributed by atoms with Crippen molar-refractivity contribution in [3.05, 3.63) is 30.3 Å². The molecule has 0 unspecified atom stereocenters. The van der Waals surface area contributed by atoms with Crippen LogP contribution in [0.3, 0.4) is 0 Å². The SMILES string of the molecule is CC(C)[C@@H]1NC(=S)N(c2ccccc2)N1. The summed E-state index contributed by atoms with van der Waals surface area (Å²) in [5.41, 5.74) is 4.41. The van der Waals surface area contributed by atoms with E-state index >= 15 is 0 Å². The number of hydrogen-bond acceptors (Lipinski definition) is 2. The fraction of sp³-hybridized carbons (Fsp3) is 0.364. The third-order valence-corrected chi connectivity index (χ3v) is 2.73. The molecule has 2 N–H and O–H groups in total. The molecule has 0 radical (unpaired) electrons. The van der Waals surface area contributed by atoms with E-state index in [2.05, 4.69) is 24.6 Å². The van der Waals surface area contributed by atoms with Gasteiger partial charge in [-0.3, -0.25) is 5.01 Å². The van der Waals surface area contributed by atoms with Crippen LogP contribution in [0.1, 0.15) is 13.8 Å². The van der Waals surface area contributed by atoms with E-state index in [1.54, 1.807) is 0 Å². The highest BCUT2D eigenvalue weighted by Crippen LogP contribution is 2.16. The molecular weight excluding hydrogens is 206 g/mol. The molecule has 0 bridgehead atoms. The van der Waals surface area contributed by atoms with Gasteiger partial charge in [0.15, 0.2) is 5.11 Å². The van der Waals surface area contributed by atoms with Gasteiger partial charge in [-0.1, -0.05) is 32.0 Å². The van der Waals surface area contributed by atoms with Crippen molar-refractivity contribution in [2.24, 2.45) is 5.92 Å². The Labute approximate surface area is 95.4 Å². The highest BCUT2D eigenvalue weighted by Gasteiger charge is 2.27. The van der Waals surface area contributed by atoms with Crippen molar-refractivity contribution >= 4 is 23.0 Å². The van der Waals surface area contributed by atoms with Crippen molar-refractivity contribution in [3.8, 4) is 0 Å². The molecular formula is C11H15N3S. The summed E-state index contributed by atoms with van der Waals surface area (Å²) in [7, 11) is 0. The second kappa shape index (κ2) is 4.16. The smallest absolute Gasteiger partial charge is 0.189 e. The first-order valence-corrected chi connectivity index (χ1v) is 5.51. The molecule has 1 saturated heterocycles. The Bertz CT molecular complexity index is 350. The van der Waals surface area contributed by atoms with Gasteiger partial charge in [-0.05, 0) is 30.3 Å². The van der Waals surface area contributed by atoms with Crippen molar-refractivity contribution in [2.45, 2.75) is 20.0 Å². The average molecular weight is 221 g/mol. The van der Waals surface area contributed by atoms with E-state index in [9.17, 15) is 0 Å². The quantitative estimate of drug-likeness (QED) is 0.746. The van der Waals surface area contributed by atoms with E-state index in [-0.39, 0.29) is 6.17 Å². The minimum atomic E-state index is 0.220. The maximum absolute atomic E-state index is 5.27. The highest BCUT2D eigenvalue weighted by molar-refractivity contribution is 7.80. The van der Waals surface area contributed by atoms with E-state index in [0.717, 1.165) is 10.8 Å².